The van der Waals surface area contributed by atoms with E-state index >= 15 is 0 Å². The molecule has 1 atom stereocenters. The average molecular weight is 418 g/mol. The van der Waals surface area contributed by atoms with Gasteiger partial charge in [0.25, 0.3) is 0 Å². The molecule has 0 amide bonds. The Balaban J connectivity index is 1.53. The van der Waals surface area contributed by atoms with Crippen LogP contribution in [0.2, 0.25) is 0 Å². The van der Waals surface area contributed by atoms with E-state index in [-0.39, 0.29) is 11.7 Å². The number of guanidine groups is 1. The number of halogens is 2. The molecule has 2 aromatic carbocycles. The van der Waals surface area contributed by atoms with Crippen molar-refractivity contribution in [3.05, 3.63) is 53.6 Å². The Bertz CT molecular complexity index is 871. The van der Waals surface area contributed by atoms with Crippen molar-refractivity contribution in [2.45, 2.75) is 18.9 Å². The molecule has 6 nitrogen and oxygen atoms in total. The number of hydrogen-bond acceptors (Lipinski definition) is 4. The fraction of sp³-hybridized carbons (Fsp3) is 0.409. The number of nitrogens with one attached hydrogen (secondary N) is 2. The summed E-state index contributed by atoms with van der Waals surface area (Å²) in [5.41, 5.74) is 1.07. The summed E-state index contributed by atoms with van der Waals surface area (Å²) in [4.78, 5) is 6.00. The summed E-state index contributed by atoms with van der Waals surface area (Å²) in [6.07, 6.45) is 1.48. The Morgan fingerprint density at radius 3 is 2.60 bits per heavy atom. The van der Waals surface area contributed by atoms with E-state index in [0.29, 0.717) is 25.6 Å². The van der Waals surface area contributed by atoms with Crippen LogP contribution in [0.25, 0.3) is 0 Å². The maximum atomic E-state index is 14.0. The minimum absolute atomic E-state index is 0.0369. The van der Waals surface area contributed by atoms with Gasteiger partial charge in [0.15, 0.2) is 5.96 Å². The van der Waals surface area contributed by atoms with Crippen molar-refractivity contribution < 1.29 is 18.3 Å². The van der Waals surface area contributed by atoms with Crippen LogP contribution in [0.1, 0.15) is 12.0 Å². The summed E-state index contributed by atoms with van der Waals surface area (Å²) >= 11 is 0. The van der Waals surface area contributed by atoms with Crippen LogP contribution in [0.4, 0.5) is 14.5 Å². The van der Waals surface area contributed by atoms with Crippen molar-refractivity contribution in [2.75, 3.05) is 45.8 Å². The number of methoxy groups -OCH3 is 2. The average Bonchev–Trinajstić information content (AvgIpc) is 3.20. The molecule has 1 fully saturated rings. The minimum atomic E-state index is -0.537. The first-order valence-electron chi connectivity index (χ1n) is 9.92. The Morgan fingerprint density at radius 2 is 1.93 bits per heavy atom. The molecule has 1 aliphatic rings. The van der Waals surface area contributed by atoms with E-state index in [9.17, 15) is 8.78 Å². The van der Waals surface area contributed by atoms with Crippen LogP contribution in [0.3, 0.4) is 0 Å². The molecule has 1 aliphatic heterocycles. The molecular weight excluding hydrogens is 390 g/mol. The summed E-state index contributed by atoms with van der Waals surface area (Å²) in [6, 6.07) is 9.69. The van der Waals surface area contributed by atoms with E-state index in [1.165, 1.54) is 18.2 Å². The number of aliphatic imine (C=N–C) groups is 1. The summed E-state index contributed by atoms with van der Waals surface area (Å²) in [7, 11) is 4.97. The molecule has 2 N–H and O–H groups in total. The fourth-order valence-corrected chi connectivity index (χ4v) is 3.65. The lowest BCUT2D eigenvalue weighted by Gasteiger charge is -2.21. The summed E-state index contributed by atoms with van der Waals surface area (Å²) < 4.78 is 38.8. The molecule has 1 unspecified atom stereocenters. The van der Waals surface area contributed by atoms with E-state index in [4.69, 9.17) is 9.47 Å². The normalized spacial score (nSPS) is 16.5. The maximum Gasteiger partial charge on any atom is 0.191 e. The lowest BCUT2D eigenvalue weighted by Crippen LogP contribution is -2.45. The predicted molar refractivity (Wildman–Crippen MR) is 115 cm³/mol. The van der Waals surface area contributed by atoms with Gasteiger partial charge in [0, 0.05) is 32.7 Å². The number of hydrogen-bond donors (Lipinski definition) is 2. The fourth-order valence-electron chi connectivity index (χ4n) is 3.65. The van der Waals surface area contributed by atoms with E-state index in [1.54, 1.807) is 26.2 Å². The van der Waals surface area contributed by atoms with Crippen molar-refractivity contribution >= 4 is 11.6 Å². The molecule has 0 aromatic heterocycles. The van der Waals surface area contributed by atoms with Crippen LogP contribution in [-0.4, -0.2) is 52.9 Å². The van der Waals surface area contributed by atoms with Gasteiger partial charge in [0.1, 0.15) is 28.8 Å². The van der Waals surface area contributed by atoms with Gasteiger partial charge in [-0.15, -0.1) is 0 Å². The molecule has 0 radical (unpaired) electrons. The number of benzene rings is 2. The predicted octanol–water partition coefficient (Wildman–Crippen LogP) is 2.97. The SMILES string of the molecule is CN=C(NCCc1cc(OC)ccc1OC)NC1CCN(c2c(F)cccc2F)C1. The molecular formula is C22H28F2N4O2. The largest absolute Gasteiger partial charge is 0.497 e. The third-order valence-electron chi connectivity index (χ3n) is 5.18. The van der Waals surface area contributed by atoms with Crippen LogP contribution in [-0.2, 0) is 6.42 Å². The van der Waals surface area contributed by atoms with Gasteiger partial charge < -0.3 is 25.0 Å². The second-order valence-electron chi connectivity index (χ2n) is 7.07. The topological polar surface area (TPSA) is 58.1 Å². The highest BCUT2D eigenvalue weighted by Crippen LogP contribution is 2.27. The van der Waals surface area contributed by atoms with E-state index in [2.05, 4.69) is 15.6 Å². The first kappa shape index (κ1) is 21.7. The molecule has 1 saturated heterocycles. The standard InChI is InChI=1S/C22H28F2N4O2/c1-25-22(26-11-9-15-13-17(29-2)7-8-20(15)30-3)27-16-10-12-28(14-16)21-18(23)5-4-6-19(21)24/h4-8,13,16H,9-12,14H2,1-3H3,(H2,25,26,27). The van der Waals surface area contributed by atoms with Gasteiger partial charge in [-0.2, -0.15) is 0 Å². The lowest BCUT2D eigenvalue weighted by molar-refractivity contribution is 0.398. The van der Waals surface area contributed by atoms with Crippen LogP contribution >= 0.6 is 0 Å². The third-order valence-corrected chi connectivity index (χ3v) is 5.18. The molecule has 3 rings (SSSR count). The second-order valence-corrected chi connectivity index (χ2v) is 7.07. The first-order valence-corrected chi connectivity index (χ1v) is 9.92. The zero-order valence-electron chi connectivity index (χ0n) is 17.5. The number of ether oxygens (including phenoxy) is 2. The molecule has 2 aromatic rings. The molecule has 0 spiro atoms. The summed E-state index contributed by atoms with van der Waals surface area (Å²) in [5.74, 6) is 1.16. The highest BCUT2D eigenvalue weighted by Gasteiger charge is 2.27. The highest BCUT2D eigenvalue weighted by atomic mass is 19.1. The molecule has 30 heavy (non-hydrogen) atoms. The van der Waals surface area contributed by atoms with Gasteiger partial charge in [-0.3, -0.25) is 4.99 Å². The van der Waals surface area contributed by atoms with E-state index in [0.717, 1.165) is 29.9 Å². The molecule has 0 aliphatic carbocycles. The smallest absolute Gasteiger partial charge is 0.191 e. The Labute approximate surface area is 175 Å². The van der Waals surface area contributed by atoms with Crippen molar-refractivity contribution in [3.63, 3.8) is 0 Å². The monoisotopic (exact) mass is 418 g/mol. The number of para-hydroxylation sites is 1. The van der Waals surface area contributed by atoms with Gasteiger partial charge in [0.05, 0.1) is 14.2 Å². The third kappa shape index (κ3) is 5.11. The van der Waals surface area contributed by atoms with Crippen LogP contribution in [0, 0.1) is 11.6 Å². The van der Waals surface area contributed by atoms with Gasteiger partial charge in [-0.1, -0.05) is 6.07 Å². The first-order chi connectivity index (χ1) is 14.5. The molecule has 0 bridgehead atoms. The molecule has 0 saturated carbocycles. The van der Waals surface area contributed by atoms with Crippen LogP contribution in [0.5, 0.6) is 11.5 Å². The van der Waals surface area contributed by atoms with Crippen LogP contribution < -0.4 is 25.0 Å². The Hall–Kier alpha value is -3.03. The Kier molecular flexibility index (Phi) is 7.32. The lowest BCUT2D eigenvalue weighted by atomic mass is 10.1. The molecule has 1 heterocycles. The van der Waals surface area contributed by atoms with Crippen molar-refractivity contribution in [2.24, 2.45) is 4.99 Å². The van der Waals surface area contributed by atoms with E-state index < -0.39 is 11.6 Å². The summed E-state index contributed by atoms with van der Waals surface area (Å²) in [5, 5.41) is 6.62. The highest BCUT2D eigenvalue weighted by molar-refractivity contribution is 5.80. The van der Waals surface area contributed by atoms with Crippen molar-refractivity contribution in [1.29, 1.82) is 0 Å². The quantitative estimate of drug-likeness (QED) is 0.535. The maximum absolute atomic E-state index is 14.0. The zero-order chi connectivity index (χ0) is 21.5. The van der Waals surface area contributed by atoms with Crippen molar-refractivity contribution in [3.8, 4) is 11.5 Å². The van der Waals surface area contributed by atoms with Crippen molar-refractivity contribution in [1.82, 2.24) is 10.6 Å². The summed E-state index contributed by atoms with van der Waals surface area (Å²) in [6.45, 7) is 1.72. The second kappa shape index (κ2) is 10.1. The molecule has 162 valence electrons. The van der Waals surface area contributed by atoms with Gasteiger partial charge in [-0.25, -0.2) is 8.78 Å². The van der Waals surface area contributed by atoms with Gasteiger partial charge >= 0.3 is 0 Å². The number of nitrogens with zero attached hydrogens (tertiary/aromatic N) is 2. The Morgan fingerprint density at radius 1 is 1.17 bits per heavy atom. The minimum Gasteiger partial charge on any atom is -0.497 e. The van der Waals surface area contributed by atoms with Crippen LogP contribution in [0.15, 0.2) is 41.4 Å². The number of anilines is 1. The number of rotatable bonds is 7. The zero-order valence-corrected chi connectivity index (χ0v) is 17.5. The van der Waals surface area contributed by atoms with Gasteiger partial charge in [-0.05, 0) is 48.7 Å². The van der Waals surface area contributed by atoms with Gasteiger partial charge in [0.2, 0.25) is 0 Å². The molecule has 8 heteroatoms. The van der Waals surface area contributed by atoms with E-state index in [1.807, 2.05) is 18.2 Å².